The zero-order valence-electron chi connectivity index (χ0n) is 18.4. The predicted molar refractivity (Wildman–Crippen MR) is 122 cm³/mol. The van der Waals surface area contributed by atoms with Crippen LogP contribution in [0.15, 0.2) is 54.6 Å². The Morgan fingerprint density at radius 1 is 1.00 bits per heavy atom. The Morgan fingerprint density at radius 3 is 2.50 bits per heavy atom. The molecule has 3 rings (SSSR count). The highest BCUT2D eigenvalue weighted by molar-refractivity contribution is 5.81. The van der Waals surface area contributed by atoms with Crippen molar-refractivity contribution in [2.75, 3.05) is 13.2 Å². The van der Waals surface area contributed by atoms with E-state index in [1.165, 1.54) is 5.52 Å². The van der Waals surface area contributed by atoms with E-state index in [9.17, 15) is 4.79 Å². The lowest BCUT2D eigenvalue weighted by Crippen LogP contribution is -2.35. The number of rotatable bonds is 10. The van der Waals surface area contributed by atoms with Gasteiger partial charge in [-0.15, -0.1) is 0 Å². The lowest BCUT2D eigenvalue weighted by Gasteiger charge is -2.17. The molecule has 0 radical (unpaired) electrons. The number of carbonyl (C=O) groups excluding carboxylic acids is 1. The van der Waals surface area contributed by atoms with Crippen molar-refractivity contribution < 1.29 is 9.53 Å². The number of fused-ring (bicyclic) bond motifs is 1. The maximum Gasteiger partial charge on any atom is 0.225 e. The van der Waals surface area contributed by atoms with Gasteiger partial charge in [0.25, 0.3) is 0 Å². The maximum atomic E-state index is 12.0. The number of amides is 1. The molecule has 30 heavy (non-hydrogen) atoms. The third kappa shape index (κ3) is 6.09. The van der Waals surface area contributed by atoms with Gasteiger partial charge in [-0.1, -0.05) is 51.1 Å². The van der Waals surface area contributed by atoms with Crippen molar-refractivity contribution in [1.29, 1.82) is 0 Å². The maximum absolute atomic E-state index is 12.0. The molecule has 0 unspecified atom stereocenters. The summed E-state index contributed by atoms with van der Waals surface area (Å²) in [6.45, 7) is 8.10. The van der Waals surface area contributed by atoms with Crippen LogP contribution < -0.4 is 10.1 Å². The van der Waals surface area contributed by atoms with Gasteiger partial charge < -0.3 is 14.6 Å². The molecule has 0 fully saturated rings. The van der Waals surface area contributed by atoms with Gasteiger partial charge in [0.05, 0.1) is 17.6 Å². The summed E-state index contributed by atoms with van der Waals surface area (Å²) in [5.41, 5.74) is 1.86. The number of nitrogens with one attached hydrogen (secondary N) is 1. The first-order valence-corrected chi connectivity index (χ1v) is 10.9. The van der Waals surface area contributed by atoms with Gasteiger partial charge in [0.2, 0.25) is 5.91 Å². The summed E-state index contributed by atoms with van der Waals surface area (Å²) in [5.74, 6) is 2.10. The molecule has 1 N–H and O–H groups in total. The topological polar surface area (TPSA) is 56.2 Å². The third-order valence-electron chi connectivity index (χ3n) is 5.07. The highest BCUT2D eigenvalue weighted by atomic mass is 16.5. The van der Waals surface area contributed by atoms with E-state index in [2.05, 4.69) is 28.1 Å². The first-order chi connectivity index (χ1) is 14.4. The molecule has 0 aliphatic carbocycles. The van der Waals surface area contributed by atoms with Crippen molar-refractivity contribution in [3.8, 4) is 5.75 Å². The van der Waals surface area contributed by atoms with Crippen LogP contribution in [0.1, 0.15) is 45.9 Å². The fraction of sp³-hybridized carbons (Fsp3) is 0.440. The number of carbonyl (C=O) groups is 1. The van der Waals surface area contributed by atoms with E-state index < -0.39 is 0 Å². The van der Waals surface area contributed by atoms with Crippen LogP contribution in [-0.2, 0) is 17.8 Å². The minimum atomic E-state index is -0.352. The van der Waals surface area contributed by atoms with E-state index in [0.717, 1.165) is 49.3 Å². The molecule has 0 spiro atoms. The Labute approximate surface area is 179 Å². The SMILES string of the molecule is CC(C)(C)C(=O)NCCCc1nc2ccccc2n1CCCCOc1ccccc1. The molecule has 2 aromatic carbocycles. The Kier molecular flexibility index (Phi) is 7.50. The minimum absolute atomic E-state index is 0.0921. The van der Waals surface area contributed by atoms with E-state index in [4.69, 9.17) is 9.72 Å². The molecule has 3 aromatic rings. The van der Waals surface area contributed by atoms with E-state index in [-0.39, 0.29) is 11.3 Å². The number of hydrogen-bond donors (Lipinski definition) is 1. The normalized spacial score (nSPS) is 11.6. The Morgan fingerprint density at radius 2 is 1.73 bits per heavy atom. The highest BCUT2D eigenvalue weighted by Gasteiger charge is 2.20. The van der Waals surface area contributed by atoms with Gasteiger partial charge >= 0.3 is 0 Å². The number of unbranched alkanes of at least 4 members (excludes halogenated alkanes) is 1. The smallest absolute Gasteiger partial charge is 0.225 e. The van der Waals surface area contributed by atoms with E-state index in [1.807, 2.05) is 57.2 Å². The summed E-state index contributed by atoms with van der Waals surface area (Å²) in [5, 5.41) is 3.03. The second kappa shape index (κ2) is 10.3. The minimum Gasteiger partial charge on any atom is -0.494 e. The summed E-state index contributed by atoms with van der Waals surface area (Å²) in [6, 6.07) is 18.2. The van der Waals surface area contributed by atoms with Crippen LogP contribution in [0, 0.1) is 5.41 Å². The van der Waals surface area contributed by atoms with Gasteiger partial charge in [0.15, 0.2) is 0 Å². The molecule has 0 saturated carbocycles. The lowest BCUT2D eigenvalue weighted by atomic mass is 9.96. The molecule has 5 nitrogen and oxygen atoms in total. The number of benzene rings is 2. The summed E-state index contributed by atoms with van der Waals surface area (Å²) < 4.78 is 8.13. The second-order valence-electron chi connectivity index (χ2n) is 8.65. The molecular formula is C25H33N3O2. The fourth-order valence-electron chi connectivity index (χ4n) is 3.36. The summed E-state index contributed by atoms with van der Waals surface area (Å²) in [7, 11) is 0. The van der Waals surface area contributed by atoms with Gasteiger partial charge in [-0.05, 0) is 43.5 Å². The number of para-hydroxylation sites is 3. The lowest BCUT2D eigenvalue weighted by molar-refractivity contribution is -0.128. The average molecular weight is 408 g/mol. The van der Waals surface area contributed by atoms with Crippen LogP contribution in [0.3, 0.4) is 0 Å². The molecule has 5 heteroatoms. The first kappa shape index (κ1) is 21.9. The molecule has 0 bridgehead atoms. The molecule has 0 aliphatic rings. The molecule has 0 atom stereocenters. The fourth-order valence-corrected chi connectivity index (χ4v) is 3.36. The standard InChI is InChI=1S/C25H33N3O2/c1-25(2,3)24(29)26-17-11-16-23-27-21-14-7-8-15-22(21)28(23)18-9-10-19-30-20-12-5-4-6-13-20/h4-8,12-15H,9-11,16-19H2,1-3H3,(H,26,29). The largest absolute Gasteiger partial charge is 0.494 e. The van der Waals surface area contributed by atoms with Crippen LogP contribution in [0.4, 0.5) is 0 Å². The Balaban J connectivity index is 1.53. The van der Waals surface area contributed by atoms with Crippen molar-refractivity contribution in [3.05, 3.63) is 60.4 Å². The van der Waals surface area contributed by atoms with Gasteiger partial charge in [-0.25, -0.2) is 4.98 Å². The van der Waals surface area contributed by atoms with Gasteiger partial charge in [0, 0.05) is 24.9 Å². The van der Waals surface area contributed by atoms with E-state index >= 15 is 0 Å². The molecule has 0 aliphatic heterocycles. The van der Waals surface area contributed by atoms with Crippen molar-refractivity contribution in [2.45, 2.75) is 53.0 Å². The highest BCUT2D eigenvalue weighted by Crippen LogP contribution is 2.19. The van der Waals surface area contributed by atoms with Crippen molar-refractivity contribution in [3.63, 3.8) is 0 Å². The van der Waals surface area contributed by atoms with Gasteiger partial charge in [-0.3, -0.25) is 4.79 Å². The number of nitrogens with zero attached hydrogens (tertiary/aromatic N) is 2. The molecule has 1 amide bonds. The van der Waals surface area contributed by atoms with Crippen molar-refractivity contribution in [1.82, 2.24) is 14.9 Å². The van der Waals surface area contributed by atoms with Gasteiger partial charge in [-0.2, -0.15) is 0 Å². The van der Waals surface area contributed by atoms with Crippen LogP contribution in [-0.4, -0.2) is 28.6 Å². The van der Waals surface area contributed by atoms with Crippen LogP contribution >= 0.6 is 0 Å². The second-order valence-corrected chi connectivity index (χ2v) is 8.65. The summed E-state index contributed by atoms with van der Waals surface area (Å²) in [6.07, 6.45) is 3.74. The molecule has 160 valence electrons. The third-order valence-corrected chi connectivity index (χ3v) is 5.07. The van der Waals surface area contributed by atoms with Crippen LogP contribution in [0.25, 0.3) is 11.0 Å². The number of hydrogen-bond acceptors (Lipinski definition) is 3. The molecule has 1 heterocycles. The predicted octanol–water partition coefficient (Wildman–Crippen LogP) is 4.99. The Hall–Kier alpha value is -2.82. The molecule has 1 aromatic heterocycles. The first-order valence-electron chi connectivity index (χ1n) is 10.9. The summed E-state index contributed by atoms with van der Waals surface area (Å²) in [4.78, 5) is 16.9. The van der Waals surface area contributed by atoms with E-state index in [1.54, 1.807) is 0 Å². The van der Waals surface area contributed by atoms with E-state index in [0.29, 0.717) is 13.2 Å². The number of aromatic nitrogens is 2. The molecular weight excluding hydrogens is 374 g/mol. The number of imidazole rings is 1. The number of aryl methyl sites for hydroxylation is 2. The molecule has 0 saturated heterocycles. The monoisotopic (exact) mass is 407 g/mol. The zero-order valence-corrected chi connectivity index (χ0v) is 18.4. The quantitative estimate of drug-likeness (QED) is 0.482. The Bertz CT molecular complexity index is 942. The zero-order chi connectivity index (χ0) is 21.4. The average Bonchev–Trinajstić information content (AvgIpc) is 3.08. The number of ether oxygens (including phenoxy) is 1. The summed E-state index contributed by atoms with van der Waals surface area (Å²) >= 11 is 0. The van der Waals surface area contributed by atoms with Gasteiger partial charge in [0.1, 0.15) is 11.6 Å². The van der Waals surface area contributed by atoms with Crippen molar-refractivity contribution in [2.24, 2.45) is 5.41 Å². The van der Waals surface area contributed by atoms with Crippen molar-refractivity contribution >= 4 is 16.9 Å². The van der Waals surface area contributed by atoms with Crippen LogP contribution in [0.5, 0.6) is 5.75 Å². The van der Waals surface area contributed by atoms with Crippen LogP contribution in [0.2, 0.25) is 0 Å².